The minimum atomic E-state index is -0.444. The predicted octanol–water partition coefficient (Wildman–Crippen LogP) is 2.84. The molecule has 3 N–H and O–H groups in total. The Kier molecular flexibility index (Phi) is 7.00. The van der Waals surface area contributed by atoms with Crippen molar-refractivity contribution in [2.75, 3.05) is 44.6 Å². The highest BCUT2D eigenvalue weighted by molar-refractivity contribution is 5.92. The molecule has 3 rings (SSSR count). The third kappa shape index (κ3) is 6.63. The van der Waals surface area contributed by atoms with Crippen molar-refractivity contribution in [2.24, 2.45) is 10.7 Å². The zero-order valence-corrected chi connectivity index (χ0v) is 18.0. The first kappa shape index (κ1) is 21.4. The first-order valence-corrected chi connectivity index (χ1v) is 10.7. The molecule has 0 saturated carbocycles. The fraction of sp³-hybridized carbons (Fsp3) is 0.636. The van der Waals surface area contributed by atoms with Crippen molar-refractivity contribution in [3.8, 4) is 0 Å². The van der Waals surface area contributed by atoms with Crippen molar-refractivity contribution in [1.29, 1.82) is 0 Å². The van der Waals surface area contributed by atoms with Gasteiger partial charge in [-0.3, -0.25) is 9.89 Å². The van der Waals surface area contributed by atoms with Crippen LogP contribution in [-0.4, -0.2) is 66.7 Å². The Morgan fingerprint density at radius 1 is 1.17 bits per heavy atom. The molecule has 29 heavy (non-hydrogen) atoms. The Hall–Kier alpha value is -2.28. The molecule has 2 aliphatic rings. The van der Waals surface area contributed by atoms with E-state index in [-0.39, 0.29) is 6.09 Å². The summed E-state index contributed by atoms with van der Waals surface area (Å²) in [5, 5.41) is 3.20. The number of anilines is 1. The normalized spacial score (nSPS) is 17.9. The Bertz CT molecular complexity index is 733. The smallest absolute Gasteiger partial charge is 0.410 e. The van der Waals surface area contributed by atoms with E-state index in [0.717, 1.165) is 38.2 Å². The summed E-state index contributed by atoms with van der Waals surface area (Å²) < 4.78 is 5.44. The van der Waals surface area contributed by atoms with Crippen LogP contribution in [0, 0.1) is 0 Å². The lowest BCUT2D eigenvalue weighted by molar-refractivity contribution is 0.0145. The Morgan fingerprint density at radius 3 is 2.62 bits per heavy atom. The van der Waals surface area contributed by atoms with Gasteiger partial charge in [0.05, 0.1) is 0 Å². The van der Waals surface area contributed by atoms with Gasteiger partial charge in [0, 0.05) is 45.0 Å². The summed E-state index contributed by atoms with van der Waals surface area (Å²) in [4.78, 5) is 20.7. The van der Waals surface area contributed by atoms with E-state index in [9.17, 15) is 4.79 Å². The van der Waals surface area contributed by atoms with Crippen LogP contribution in [0.4, 0.5) is 10.5 Å². The number of carbonyl (C=O) groups is 1. The number of piperazine rings is 1. The molecule has 1 heterocycles. The van der Waals surface area contributed by atoms with Crippen molar-refractivity contribution >= 4 is 17.7 Å². The van der Waals surface area contributed by atoms with E-state index in [1.54, 1.807) is 4.90 Å². The number of nitrogens with two attached hydrogens (primary N) is 1. The average molecular weight is 402 g/mol. The van der Waals surface area contributed by atoms with Crippen LogP contribution in [0.5, 0.6) is 0 Å². The Morgan fingerprint density at radius 2 is 1.90 bits per heavy atom. The molecular formula is C22H35N5O2. The maximum atomic E-state index is 12.1. The zero-order valence-electron chi connectivity index (χ0n) is 18.0. The fourth-order valence-corrected chi connectivity index (χ4v) is 3.81. The van der Waals surface area contributed by atoms with E-state index in [4.69, 9.17) is 10.5 Å². The van der Waals surface area contributed by atoms with Crippen molar-refractivity contribution in [3.63, 3.8) is 0 Å². The van der Waals surface area contributed by atoms with Gasteiger partial charge >= 0.3 is 6.09 Å². The topological polar surface area (TPSA) is 83.2 Å². The molecule has 1 aromatic carbocycles. The number of rotatable bonds is 5. The molecular weight excluding hydrogens is 366 g/mol. The summed E-state index contributed by atoms with van der Waals surface area (Å²) in [6.07, 6.45) is 4.31. The number of nitrogens with zero attached hydrogens (tertiary/aromatic N) is 3. The predicted molar refractivity (Wildman–Crippen MR) is 117 cm³/mol. The highest BCUT2D eigenvalue weighted by atomic mass is 16.6. The van der Waals surface area contributed by atoms with Crippen LogP contribution < -0.4 is 11.1 Å². The van der Waals surface area contributed by atoms with Gasteiger partial charge in [-0.15, -0.1) is 0 Å². The first-order valence-electron chi connectivity index (χ1n) is 10.7. The summed E-state index contributed by atoms with van der Waals surface area (Å²) in [6, 6.07) is 6.46. The van der Waals surface area contributed by atoms with Gasteiger partial charge in [0.15, 0.2) is 5.96 Å². The van der Waals surface area contributed by atoms with Crippen LogP contribution in [0.3, 0.4) is 0 Å². The van der Waals surface area contributed by atoms with Crippen molar-refractivity contribution in [2.45, 2.75) is 52.1 Å². The van der Waals surface area contributed by atoms with Gasteiger partial charge in [-0.05, 0) is 69.7 Å². The van der Waals surface area contributed by atoms with Crippen molar-refractivity contribution in [3.05, 3.63) is 29.3 Å². The van der Waals surface area contributed by atoms with Crippen LogP contribution in [0.25, 0.3) is 0 Å². The van der Waals surface area contributed by atoms with Gasteiger partial charge in [-0.25, -0.2) is 4.79 Å². The lowest BCUT2D eigenvalue weighted by atomic mass is 10.1. The Balaban J connectivity index is 1.34. The van der Waals surface area contributed by atoms with Gasteiger partial charge in [0.1, 0.15) is 5.60 Å². The highest BCUT2D eigenvalue weighted by Gasteiger charge is 2.25. The molecule has 1 aliphatic carbocycles. The molecule has 1 saturated heterocycles. The highest BCUT2D eigenvalue weighted by Crippen LogP contribution is 2.24. The maximum Gasteiger partial charge on any atom is 0.410 e. The molecule has 1 fully saturated rings. The second-order valence-corrected chi connectivity index (χ2v) is 8.89. The number of fused-ring (bicyclic) bond motifs is 1. The third-order valence-corrected chi connectivity index (χ3v) is 5.31. The number of aryl methyl sites for hydroxylation is 2. The molecule has 1 amide bonds. The molecule has 0 aromatic heterocycles. The van der Waals surface area contributed by atoms with Gasteiger partial charge in [-0.2, -0.15) is 0 Å². The van der Waals surface area contributed by atoms with Gasteiger partial charge in [0.2, 0.25) is 0 Å². The Labute approximate surface area is 174 Å². The standard InChI is InChI=1S/C22H35N5O2/c1-22(2,3)29-21(28)27-14-12-26(13-15-27)11-5-10-24-20(23)25-19-9-8-17-6-4-7-18(17)16-19/h8-9,16H,4-7,10-15H2,1-3H3,(H3,23,24,25). The van der Waals surface area contributed by atoms with E-state index < -0.39 is 5.60 Å². The van der Waals surface area contributed by atoms with E-state index in [2.05, 4.69) is 33.4 Å². The van der Waals surface area contributed by atoms with Crippen LogP contribution in [0.15, 0.2) is 23.2 Å². The van der Waals surface area contributed by atoms with Crippen LogP contribution in [0.2, 0.25) is 0 Å². The molecule has 0 spiro atoms. The van der Waals surface area contributed by atoms with Crippen LogP contribution in [0.1, 0.15) is 44.7 Å². The van der Waals surface area contributed by atoms with Crippen LogP contribution in [-0.2, 0) is 17.6 Å². The summed E-state index contributed by atoms with van der Waals surface area (Å²) in [5.41, 5.74) is 9.49. The van der Waals surface area contributed by atoms with E-state index in [1.807, 2.05) is 20.8 Å². The zero-order chi connectivity index (χ0) is 20.9. The quantitative estimate of drug-likeness (QED) is 0.450. The molecule has 1 aliphatic heterocycles. The van der Waals surface area contributed by atoms with E-state index in [0.29, 0.717) is 25.6 Å². The summed E-state index contributed by atoms with van der Waals surface area (Å²) in [7, 11) is 0. The number of aliphatic imine (C=N–C) groups is 1. The molecule has 160 valence electrons. The number of hydrogen-bond acceptors (Lipinski definition) is 4. The minimum Gasteiger partial charge on any atom is -0.444 e. The molecule has 0 unspecified atom stereocenters. The first-order chi connectivity index (χ1) is 13.8. The monoisotopic (exact) mass is 401 g/mol. The number of nitrogens with one attached hydrogen (secondary N) is 1. The number of guanidine groups is 1. The SMILES string of the molecule is CC(C)(C)OC(=O)N1CCN(CCCN=C(N)Nc2ccc3c(c2)CCC3)CC1. The summed E-state index contributed by atoms with van der Waals surface area (Å²) >= 11 is 0. The maximum absolute atomic E-state index is 12.1. The largest absolute Gasteiger partial charge is 0.444 e. The van der Waals surface area contributed by atoms with Gasteiger partial charge < -0.3 is 20.7 Å². The number of amides is 1. The third-order valence-electron chi connectivity index (χ3n) is 5.31. The number of carbonyl (C=O) groups excluding carboxylic acids is 1. The molecule has 0 bridgehead atoms. The average Bonchev–Trinajstić information content (AvgIpc) is 3.12. The van der Waals surface area contributed by atoms with Crippen molar-refractivity contribution in [1.82, 2.24) is 9.80 Å². The molecule has 0 atom stereocenters. The number of benzene rings is 1. The van der Waals surface area contributed by atoms with Gasteiger partial charge in [0.25, 0.3) is 0 Å². The lowest BCUT2D eigenvalue weighted by Crippen LogP contribution is -2.50. The summed E-state index contributed by atoms with van der Waals surface area (Å²) in [5.74, 6) is 0.470. The molecule has 7 heteroatoms. The van der Waals surface area contributed by atoms with Gasteiger partial charge in [-0.1, -0.05) is 6.07 Å². The number of hydrogen-bond donors (Lipinski definition) is 2. The molecule has 0 radical (unpaired) electrons. The summed E-state index contributed by atoms with van der Waals surface area (Å²) in [6.45, 7) is 10.5. The molecule has 1 aromatic rings. The minimum absolute atomic E-state index is 0.216. The lowest BCUT2D eigenvalue weighted by Gasteiger charge is -2.35. The second-order valence-electron chi connectivity index (χ2n) is 8.89. The van der Waals surface area contributed by atoms with E-state index >= 15 is 0 Å². The number of ether oxygens (including phenoxy) is 1. The van der Waals surface area contributed by atoms with E-state index in [1.165, 1.54) is 24.0 Å². The fourth-order valence-electron chi connectivity index (χ4n) is 3.81. The second kappa shape index (κ2) is 9.48. The molecule has 7 nitrogen and oxygen atoms in total. The van der Waals surface area contributed by atoms with Crippen molar-refractivity contribution < 1.29 is 9.53 Å². The van der Waals surface area contributed by atoms with Crippen LogP contribution >= 0.6 is 0 Å².